The Morgan fingerprint density at radius 2 is 2.38 bits per heavy atom. The molecule has 1 rings (SSSR count). The molecular weight excluding hydrogens is 104 g/mol. The summed E-state index contributed by atoms with van der Waals surface area (Å²) >= 11 is 0. The van der Waals surface area contributed by atoms with E-state index in [0.29, 0.717) is 6.10 Å². The molecule has 1 heterocycles. The summed E-state index contributed by atoms with van der Waals surface area (Å²) < 4.78 is 10.5. The van der Waals surface area contributed by atoms with Gasteiger partial charge >= 0.3 is 0 Å². The van der Waals surface area contributed by atoms with Crippen molar-refractivity contribution < 1.29 is 9.47 Å². The lowest BCUT2D eigenvalue weighted by Crippen LogP contribution is -2.27. The Kier molecular flexibility index (Phi) is 2.30. The van der Waals surface area contributed by atoms with Gasteiger partial charge in [-0.05, 0) is 6.42 Å². The summed E-state index contributed by atoms with van der Waals surface area (Å²) in [5, 5.41) is 0. The molecule has 1 atom stereocenters. The van der Waals surface area contributed by atoms with Gasteiger partial charge in [0, 0.05) is 0 Å². The Labute approximate surface area is 49.8 Å². The molecule has 2 nitrogen and oxygen atoms in total. The van der Waals surface area contributed by atoms with Crippen molar-refractivity contribution in [1.82, 2.24) is 0 Å². The van der Waals surface area contributed by atoms with Crippen LogP contribution >= 0.6 is 0 Å². The summed E-state index contributed by atoms with van der Waals surface area (Å²) in [5.41, 5.74) is 0. The first-order chi connectivity index (χ1) is 3.93. The van der Waals surface area contributed by atoms with Gasteiger partial charge in [-0.15, -0.1) is 0 Å². The van der Waals surface area contributed by atoms with Crippen LogP contribution in [0.25, 0.3) is 0 Å². The zero-order valence-electron chi connectivity index (χ0n) is 5.22. The summed E-state index contributed by atoms with van der Waals surface area (Å²) in [4.78, 5) is 0. The van der Waals surface area contributed by atoms with Gasteiger partial charge in [-0.2, -0.15) is 0 Å². The predicted octanol–water partition coefficient (Wildman–Crippen LogP) is 0.812. The standard InChI is InChI=1S/C6H12O2/c1-2-6-5-7-3-4-8-6/h6H,2-5H2,1H3/t6-/m1/s1. The zero-order chi connectivity index (χ0) is 5.82. The van der Waals surface area contributed by atoms with Gasteiger partial charge in [0.15, 0.2) is 0 Å². The molecule has 0 radical (unpaired) electrons. The number of hydrogen-bond donors (Lipinski definition) is 0. The molecule has 1 aliphatic rings. The highest BCUT2D eigenvalue weighted by Crippen LogP contribution is 2.02. The summed E-state index contributed by atoms with van der Waals surface area (Å²) in [7, 11) is 0. The fraction of sp³-hybridized carbons (Fsp3) is 1.00. The first kappa shape index (κ1) is 6.05. The summed E-state index contributed by atoms with van der Waals surface area (Å²) in [6.45, 7) is 4.45. The molecular formula is C6H12O2. The third-order valence-corrected chi connectivity index (χ3v) is 1.34. The lowest BCUT2D eigenvalue weighted by molar-refractivity contribution is -0.0887. The summed E-state index contributed by atoms with van der Waals surface area (Å²) in [6.07, 6.45) is 1.43. The second kappa shape index (κ2) is 3.05. The average molecular weight is 116 g/mol. The number of ether oxygens (including phenoxy) is 2. The van der Waals surface area contributed by atoms with Crippen LogP contribution in [0, 0.1) is 0 Å². The van der Waals surface area contributed by atoms with Crippen molar-refractivity contribution in [2.24, 2.45) is 0 Å². The van der Waals surface area contributed by atoms with Gasteiger partial charge < -0.3 is 9.47 Å². The van der Waals surface area contributed by atoms with Crippen molar-refractivity contribution in [3.8, 4) is 0 Å². The molecule has 0 aliphatic carbocycles. The molecule has 0 aromatic heterocycles. The number of hydrogen-bond acceptors (Lipinski definition) is 2. The normalized spacial score (nSPS) is 30.4. The Hall–Kier alpha value is -0.0800. The topological polar surface area (TPSA) is 18.5 Å². The van der Waals surface area contributed by atoms with Gasteiger partial charge in [-0.1, -0.05) is 6.92 Å². The minimum Gasteiger partial charge on any atom is -0.376 e. The van der Waals surface area contributed by atoms with E-state index in [1.165, 1.54) is 0 Å². The largest absolute Gasteiger partial charge is 0.376 e. The lowest BCUT2D eigenvalue weighted by Gasteiger charge is -2.20. The van der Waals surface area contributed by atoms with Crippen molar-refractivity contribution in [2.75, 3.05) is 19.8 Å². The molecule has 8 heavy (non-hydrogen) atoms. The van der Waals surface area contributed by atoms with Crippen molar-refractivity contribution in [2.45, 2.75) is 19.4 Å². The zero-order valence-corrected chi connectivity index (χ0v) is 5.22. The minimum atomic E-state index is 0.365. The van der Waals surface area contributed by atoms with Crippen LogP contribution in [0.3, 0.4) is 0 Å². The predicted molar refractivity (Wildman–Crippen MR) is 30.8 cm³/mol. The third kappa shape index (κ3) is 1.46. The minimum absolute atomic E-state index is 0.365. The Balaban J connectivity index is 2.13. The van der Waals surface area contributed by atoms with E-state index in [0.717, 1.165) is 26.2 Å². The van der Waals surface area contributed by atoms with Crippen LogP contribution in [0.15, 0.2) is 0 Å². The molecule has 1 fully saturated rings. The van der Waals surface area contributed by atoms with Crippen molar-refractivity contribution in [3.63, 3.8) is 0 Å². The van der Waals surface area contributed by atoms with E-state index in [1.54, 1.807) is 0 Å². The number of rotatable bonds is 1. The van der Waals surface area contributed by atoms with Crippen LogP contribution in [-0.2, 0) is 9.47 Å². The molecule has 0 N–H and O–H groups in total. The van der Waals surface area contributed by atoms with Crippen LogP contribution in [0.4, 0.5) is 0 Å². The first-order valence-corrected chi connectivity index (χ1v) is 3.13. The van der Waals surface area contributed by atoms with Gasteiger partial charge in [-0.3, -0.25) is 0 Å². The van der Waals surface area contributed by atoms with Gasteiger partial charge in [-0.25, -0.2) is 0 Å². The summed E-state index contributed by atoms with van der Waals surface area (Å²) in [6, 6.07) is 0. The molecule has 0 saturated carbocycles. The maximum Gasteiger partial charge on any atom is 0.0807 e. The van der Waals surface area contributed by atoms with Crippen LogP contribution in [0.2, 0.25) is 0 Å². The molecule has 0 unspecified atom stereocenters. The molecule has 2 heteroatoms. The molecule has 48 valence electrons. The maximum atomic E-state index is 5.30. The van der Waals surface area contributed by atoms with E-state index in [9.17, 15) is 0 Å². The fourth-order valence-corrected chi connectivity index (χ4v) is 0.772. The van der Waals surface area contributed by atoms with E-state index in [1.807, 2.05) is 0 Å². The highest BCUT2D eigenvalue weighted by molar-refractivity contribution is 4.56. The van der Waals surface area contributed by atoms with Gasteiger partial charge in [0.05, 0.1) is 25.9 Å². The van der Waals surface area contributed by atoms with Crippen molar-refractivity contribution >= 4 is 0 Å². The van der Waals surface area contributed by atoms with Gasteiger partial charge in [0.2, 0.25) is 0 Å². The van der Waals surface area contributed by atoms with E-state index in [-0.39, 0.29) is 0 Å². The molecule has 1 saturated heterocycles. The molecule has 0 bridgehead atoms. The maximum absolute atomic E-state index is 5.30. The highest BCUT2D eigenvalue weighted by Gasteiger charge is 2.10. The van der Waals surface area contributed by atoms with E-state index in [2.05, 4.69) is 6.92 Å². The van der Waals surface area contributed by atoms with E-state index < -0.39 is 0 Å². The Bertz CT molecular complexity index is 57.5. The smallest absolute Gasteiger partial charge is 0.0807 e. The first-order valence-electron chi connectivity index (χ1n) is 3.13. The van der Waals surface area contributed by atoms with Crippen molar-refractivity contribution in [3.05, 3.63) is 0 Å². The second-order valence-corrected chi connectivity index (χ2v) is 1.98. The van der Waals surface area contributed by atoms with Gasteiger partial charge in [0.1, 0.15) is 0 Å². The molecule has 0 spiro atoms. The Morgan fingerprint density at radius 3 is 2.75 bits per heavy atom. The van der Waals surface area contributed by atoms with Crippen LogP contribution in [0.1, 0.15) is 13.3 Å². The average Bonchev–Trinajstić information content (AvgIpc) is 1.90. The lowest BCUT2D eigenvalue weighted by atomic mass is 10.3. The highest BCUT2D eigenvalue weighted by atomic mass is 16.6. The molecule has 0 aromatic rings. The SMILES string of the molecule is CC[C@@H]1COCCO1. The monoisotopic (exact) mass is 116 g/mol. The van der Waals surface area contributed by atoms with Crippen molar-refractivity contribution in [1.29, 1.82) is 0 Å². The summed E-state index contributed by atoms with van der Waals surface area (Å²) in [5.74, 6) is 0. The van der Waals surface area contributed by atoms with E-state index in [4.69, 9.17) is 9.47 Å². The quantitative estimate of drug-likeness (QED) is 0.504. The fourth-order valence-electron chi connectivity index (χ4n) is 0.772. The van der Waals surface area contributed by atoms with Gasteiger partial charge in [0.25, 0.3) is 0 Å². The van der Waals surface area contributed by atoms with Crippen LogP contribution in [0.5, 0.6) is 0 Å². The third-order valence-electron chi connectivity index (χ3n) is 1.34. The van der Waals surface area contributed by atoms with Crippen LogP contribution < -0.4 is 0 Å². The second-order valence-electron chi connectivity index (χ2n) is 1.98. The molecule has 1 aliphatic heterocycles. The van der Waals surface area contributed by atoms with E-state index >= 15 is 0 Å². The molecule has 0 aromatic carbocycles. The Morgan fingerprint density at radius 1 is 1.50 bits per heavy atom. The molecule has 0 amide bonds. The van der Waals surface area contributed by atoms with Crippen LogP contribution in [-0.4, -0.2) is 25.9 Å².